The molecule has 0 saturated carbocycles. The summed E-state index contributed by atoms with van der Waals surface area (Å²) in [5, 5.41) is 0. The second kappa shape index (κ2) is 3.84. The largest absolute Gasteiger partial charge is 0.0620 e. The van der Waals surface area contributed by atoms with Gasteiger partial charge in [0.1, 0.15) is 0 Å². The second-order valence-corrected chi connectivity index (χ2v) is 5.27. The van der Waals surface area contributed by atoms with Crippen LogP contribution in [0.2, 0.25) is 0 Å². The Morgan fingerprint density at radius 1 is 0.500 bits per heavy atom. The molecule has 0 radical (unpaired) electrons. The summed E-state index contributed by atoms with van der Waals surface area (Å²) >= 11 is 0. The zero-order chi connectivity index (χ0) is 11.9. The third kappa shape index (κ3) is 1.38. The Kier molecular flexibility index (Phi) is 2.16. The molecule has 0 heteroatoms. The molecule has 0 heterocycles. The first-order valence-electron chi connectivity index (χ1n) is 6.82. The molecule has 0 spiro atoms. The monoisotopic (exact) mass is 232 g/mol. The summed E-state index contributed by atoms with van der Waals surface area (Å²) in [4.78, 5) is 0. The van der Waals surface area contributed by atoms with Crippen molar-refractivity contribution in [2.24, 2.45) is 0 Å². The zero-order valence-electron chi connectivity index (χ0n) is 10.4. The van der Waals surface area contributed by atoms with E-state index in [1.807, 2.05) is 0 Å². The first kappa shape index (κ1) is 10.1. The molecule has 2 aliphatic rings. The number of allylic oxidation sites excluding steroid dienone is 2. The summed E-state index contributed by atoms with van der Waals surface area (Å²) in [6, 6.07) is 17.8. The Labute approximate surface area is 108 Å². The van der Waals surface area contributed by atoms with E-state index in [0.29, 0.717) is 0 Å². The quantitative estimate of drug-likeness (QED) is 0.627. The molecule has 18 heavy (non-hydrogen) atoms. The van der Waals surface area contributed by atoms with Gasteiger partial charge in [0, 0.05) is 0 Å². The summed E-state index contributed by atoms with van der Waals surface area (Å²) in [6.07, 6.45) is 4.89. The maximum absolute atomic E-state index is 2.30. The predicted octanol–water partition coefficient (Wildman–Crippen LogP) is 4.49. The minimum Gasteiger partial charge on any atom is -0.0620 e. The molecular formula is C18H16. The number of fused-ring (bicyclic) bond motifs is 2. The number of aryl methyl sites for hydroxylation is 2. The smallest absolute Gasteiger partial charge is 0.0189 e. The van der Waals surface area contributed by atoms with Gasteiger partial charge in [0.15, 0.2) is 0 Å². The average Bonchev–Trinajstić information content (AvgIpc) is 3.01. The van der Waals surface area contributed by atoms with E-state index in [4.69, 9.17) is 0 Å². The van der Waals surface area contributed by atoms with Crippen molar-refractivity contribution in [2.45, 2.75) is 25.7 Å². The normalized spacial score (nSPS) is 20.9. The molecule has 0 atom stereocenters. The Hall–Kier alpha value is -1.82. The minimum atomic E-state index is 1.22. The standard InChI is InChI=1S/C18H16/c1-3-7-15-13(5-1)9-11-17(15)18-12-10-14-6-2-4-8-16(14)18/h1-8H,9-12H2. The van der Waals surface area contributed by atoms with Crippen LogP contribution in [0.5, 0.6) is 0 Å². The maximum Gasteiger partial charge on any atom is -0.0189 e. The molecule has 2 aromatic rings. The van der Waals surface area contributed by atoms with E-state index in [0.717, 1.165) is 0 Å². The molecule has 0 saturated heterocycles. The van der Waals surface area contributed by atoms with Gasteiger partial charge in [-0.3, -0.25) is 0 Å². The first-order chi connectivity index (χ1) is 8.93. The Morgan fingerprint density at radius 2 is 0.944 bits per heavy atom. The highest BCUT2D eigenvalue weighted by molar-refractivity contribution is 5.95. The molecule has 0 unspecified atom stereocenters. The van der Waals surface area contributed by atoms with Gasteiger partial charge in [0.25, 0.3) is 0 Å². The van der Waals surface area contributed by atoms with Crippen molar-refractivity contribution < 1.29 is 0 Å². The predicted molar refractivity (Wildman–Crippen MR) is 76.3 cm³/mol. The van der Waals surface area contributed by atoms with Crippen LogP contribution in [0.25, 0.3) is 11.1 Å². The van der Waals surface area contributed by atoms with Crippen LogP contribution in [0, 0.1) is 0 Å². The Bertz CT molecular complexity index is 589. The third-order valence-electron chi connectivity index (χ3n) is 4.34. The van der Waals surface area contributed by atoms with Crippen LogP contribution in [0.4, 0.5) is 0 Å². The summed E-state index contributed by atoms with van der Waals surface area (Å²) in [6.45, 7) is 0. The lowest BCUT2D eigenvalue weighted by atomic mass is 9.97. The van der Waals surface area contributed by atoms with Gasteiger partial charge in [0.2, 0.25) is 0 Å². The van der Waals surface area contributed by atoms with E-state index in [9.17, 15) is 0 Å². The summed E-state index contributed by atoms with van der Waals surface area (Å²) in [5.41, 5.74) is 9.29. The fraction of sp³-hybridized carbons (Fsp3) is 0.222. The van der Waals surface area contributed by atoms with Crippen molar-refractivity contribution in [2.75, 3.05) is 0 Å². The lowest BCUT2D eigenvalue weighted by Crippen LogP contribution is -1.85. The van der Waals surface area contributed by atoms with E-state index in [1.54, 1.807) is 11.1 Å². The summed E-state index contributed by atoms with van der Waals surface area (Å²) in [7, 11) is 0. The summed E-state index contributed by atoms with van der Waals surface area (Å²) < 4.78 is 0. The van der Waals surface area contributed by atoms with Crippen LogP contribution < -0.4 is 0 Å². The highest BCUT2D eigenvalue weighted by Gasteiger charge is 2.24. The van der Waals surface area contributed by atoms with Gasteiger partial charge in [0.05, 0.1) is 0 Å². The lowest BCUT2D eigenvalue weighted by molar-refractivity contribution is 1.06. The molecule has 88 valence electrons. The van der Waals surface area contributed by atoms with Crippen LogP contribution in [0.15, 0.2) is 48.5 Å². The lowest BCUT2D eigenvalue weighted by Gasteiger charge is -2.07. The van der Waals surface area contributed by atoms with E-state index >= 15 is 0 Å². The highest BCUT2D eigenvalue weighted by Crippen LogP contribution is 2.43. The minimum absolute atomic E-state index is 1.22. The average molecular weight is 232 g/mol. The number of hydrogen-bond donors (Lipinski definition) is 0. The van der Waals surface area contributed by atoms with Gasteiger partial charge >= 0.3 is 0 Å². The fourth-order valence-corrected chi connectivity index (χ4v) is 3.48. The SMILES string of the molecule is c1ccc2c(c1)CCC2=C1CCc2ccccc21. The number of rotatable bonds is 0. The van der Waals surface area contributed by atoms with Crippen LogP contribution in [-0.2, 0) is 12.8 Å². The number of hydrogen-bond acceptors (Lipinski definition) is 0. The van der Waals surface area contributed by atoms with E-state index in [2.05, 4.69) is 48.5 Å². The van der Waals surface area contributed by atoms with Gasteiger partial charge in [-0.15, -0.1) is 0 Å². The molecule has 0 amide bonds. The fourth-order valence-electron chi connectivity index (χ4n) is 3.48. The Balaban J connectivity index is 1.93. The molecule has 0 bridgehead atoms. The van der Waals surface area contributed by atoms with Crippen LogP contribution in [-0.4, -0.2) is 0 Å². The molecule has 4 rings (SSSR count). The Morgan fingerprint density at radius 3 is 1.44 bits per heavy atom. The molecule has 0 aliphatic heterocycles. The van der Waals surface area contributed by atoms with Gasteiger partial charge in [-0.05, 0) is 59.1 Å². The first-order valence-corrected chi connectivity index (χ1v) is 6.82. The molecule has 2 aromatic carbocycles. The van der Waals surface area contributed by atoms with Crippen LogP contribution >= 0.6 is 0 Å². The van der Waals surface area contributed by atoms with E-state index in [-0.39, 0.29) is 0 Å². The van der Waals surface area contributed by atoms with E-state index in [1.165, 1.54) is 47.9 Å². The second-order valence-electron chi connectivity index (χ2n) is 5.27. The van der Waals surface area contributed by atoms with Gasteiger partial charge < -0.3 is 0 Å². The molecule has 0 N–H and O–H groups in total. The summed E-state index contributed by atoms with van der Waals surface area (Å²) in [5.74, 6) is 0. The van der Waals surface area contributed by atoms with Crippen molar-refractivity contribution in [3.63, 3.8) is 0 Å². The molecular weight excluding hydrogens is 216 g/mol. The molecule has 0 nitrogen and oxygen atoms in total. The van der Waals surface area contributed by atoms with Crippen LogP contribution in [0.1, 0.15) is 35.1 Å². The van der Waals surface area contributed by atoms with E-state index < -0.39 is 0 Å². The highest BCUT2D eigenvalue weighted by atomic mass is 14.3. The van der Waals surface area contributed by atoms with Gasteiger partial charge in [-0.25, -0.2) is 0 Å². The third-order valence-corrected chi connectivity index (χ3v) is 4.34. The van der Waals surface area contributed by atoms with Crippen molar-refractivity contribution in [3.05, 3.63) is 70.8 Å². The van der Waals surface area contributed by atoms with Crippen molar-refractivity contribution in [3.8, 4) is 0 Å². The molecule has 0 aromatic heterocycles. The van der Waals surface area contributed by atoms with Crippen molar-refractivity contribution >= 4 is 11.1 Å². The molecule has 0 fully saturated rings. The number of benzene rings is 2. The topological polar surface area (TPSA) is 0 Å². The maximum atomic E-state index is 2.30. The molecule has 2 aliphatic carbocycles. The van der Waals surface area contributed by atoms with Gasteiger partial charge in [-0.2, -0.15) is 0 Å². The van der Waals surface area contributed by atoms with Crippen LogP contribution in [0.3, 0.4) is 0 Å². The van der Waals surface area contributed by atoms with Crippen molar-refractivity contribution in [1.82, 2.24) is 0 Å². The van der Waals surface area contributed by atoms with Gasteiger partial charge in [-0.1, -0.05) is 48.5 Å². The zero-order valence-corrected chi connectivity index (χ0v) is 10.4. The van der Waals surface area contributed by atoms with Crippen molar-refractivity contribution in [1.29, 1.82) is 0 Å².